The number of hydrogen-bond donors (Lipinski definition) is 3. The van der Waals surface area contributed by atoms with Gasteiger partial charge in [-0.25, -0.2) is 0 Å². The molecule has 100 valence electrons. The number of hydrogen-bond acceptors (Lipinski definition) is 4. The van der Waals surface area contributed by atoms with Gasteiger partial charge in [0.05, 0.1) is 0 Å². The van der Waals surface area contributed by atoms with Gasteiger partial charge in [0.15, 0.2) is 0 Å². The molecule has 0 aromatic carbocycles. The molecular formula is C13H22N4O. The molecule has 5 nitrogen and oxygen atoms in total. The molecule has 1 amide bonds. The molecule has 1 aromatic rings. The van der Waals surface area contributed by atoms with Crippen LogP contribution in [0.15, 0.2) is 18.3 Å². The fourth-order valence-corrected chi connectivity index (χ4v) is 1.52. The van der Waals surface area contributed by atoms with Crippen LogP contribution >= 0.6 is 0 Å². The zero-order valence-corrected chi connectivity index (χ0v) is 11.3. The third-order valence-electron chi connectivity index (χ3n) is 3.01. The third-order valence-corrected chi connectivity index (χ3v) is 3.01. The number of anilines is 1. The first-order valence-corrected chi connectivity index (χ1v) is 6.27. The Morgan fingerprint density at radius 2 is 2.22 bits per heavy atom. The first-order chi connectivity index (χ1) is 8.54. The van der Waals surface area contributed by atoms with Gasteiger partial charge in [-0.3, -0.25) is 9.78 Å². The Bertz CT molecular complexity index is 402. The standard InChI is InChI=1S/C13H22N4O/c1-4-13(3,9-14)17-10-6-7-16-11(8-10)12(18)15-5-2/h6-8H,4-5,9,14H2,1-3H3,(H,15,18)(H,16,17). The van der Waals surface area contributed by atoms with Gasteiger partial charge in [0.25, 0.3) is 5.91 Å². The lowest BCUT2D eigenvalue weighted by atomic mass is 9.99. The number of carbonyl (C=O) groups is 1. The molecule has 0 fully saturated rings. The number of nitrogens with one attached hydrogen (secondary N) is 2. The molecular weight excluding hydrogens is 228 g/mol. The van der Waals surface area contributed by atoms with Gasteiger partial charge in [-0.15, -0.1) is 0 Å². The summed E-state index contributed by atoms with van der Waals surface area (Å²) in [6.45, 7) is 7.13. The summed E-state index contributed by atoms with van der Waals surface area (Å²) in [5.41, 5.74) is 6.86. The van der Waals surface area contributed by atoms with Gasteiger partial charge >= 0.3 is 0 Å². The monoisotopic (exact) mass is 250 g/mol. The molecule has 1 unspecified atom stereocenters. The zero-order valence-electron chi connectivity index (χ0n) is 11.3. The number of aromatic nitrogens is 1. The average Bonchev–Trinajstić information content (AvgIpc) is 2.39. The van der Waals surface area contributed by atoms with Crippen LogP contribution in [0.2, 0.25) is 0 Å². The summed E-state index contributed by atoms with van der Waals surface area (Å²) in [4.78, 5) is 15.7. The Morgan fingerprint density at radius 3 is 2.78 bits per heavy atom. The van der Waals surface area contributed by atoms with Gasteiger partial charge in [0, 0.05) is 30.5 Å². The minimum atomic E-state index is -0.167. The number of amides is 1. The van der Waals surface area contributed by atoms with E-state index in [1.54, 1.807) is 12.3 Å². The predicted molar refractivity (Wildman–Crippen MR) is 73.6 cm³/mol. The number of pyridine rings is 1. The zero-order chi connectivity index (χ0) is 13.6. The van der Waals surface area contributed by atoms with Gasteiger partial charge in [-0.05, 0) is 32.4 Å². The molecule has 5 heteroatoms. The molecule has 18 heavy (non-hydrogen) atoms. The highest BCUT2D eigenvalue weighted by atomic mass is 16.1. The maximum Gasteiger partial charge on any atom is 0.269 e. The lowest BCUT2D eigenvalue weighted by molar-refractivity contribution is 0.0951. The first kappa shape index (κ1) is 14.4. The summed E-state index contributed by atoms with van der Waals surface area (Å²) in [6.07, 6.45) is 2.53. The van der Waals surface area contributed by atoms with E-state index in [0.29, 0.717) is 18.8 Å². The van der Waals surface area contributed by atoms with Gasteiger partial charge < -0.3 is 16.4 Å². The van der Waals surface area contributed by atoms with Crippen LogP contribution in [0, 0.1) is 0 Å². The molecule has 0 aliphatic rings. The van der Waals surface area contributed by atoms with E-state index in [1.807, 2.05) is 13.0 Å². The van der Waals surface area contributed by atoms with Crippen molar-refractivity contribution in [1.82, 2.24) is 10.3 Å². The highest BCUT2D eigenvalue weighted by molar-refractivity contribution is 5.93. The van der Waals surface area contributed by atoms with Crippen LogP contribution < -0.4 is 16.4 Å². The Balaban J connectivity index is 2.85. The van der Waals surface area contributed by atoms with E-state index in [4.69, 9.17) is 5.73 Å². The van der Waals surface area contributed by atoms with Crippen molar-refractivity contribution in [2.24, 2.45) is 5.73 Å². The fraction of sp³-hybridized carbons (Fsp3) is 0.538. The van der Waals surface area contributed by atoms with E-state index < -0.39 is 0 Å². The SMILES string of the molecule is CCNC(=O)c1cc(NC(C)(CC)CN)ccn1. The van der Waals surface area contributed by atoms with Crippen molar-refractivity contribution in [3.63, 3.8) is 0 Å². The minimum Gasteiger partial charge on any atom is -0.379 e. The Kier molecular flexibility index (Phi) is 5.09. The molecule has 1 heterocycles. The van der Waals surface area contributed by atoms with E-state index in [-0.39, 0.29) is 11.4 Å². The molecule has 1 atom stereocenters. The summed E-state index contributed by atoms with van der Waals surface area (Å²) in [5.74, 6) is -0.160. The summed E-state index contributed by atoms with van der Waals surface area (Å²) in [5, 5.41) is 6.07. The minimum absolute atomic E-state index is 0.160. The smallest absolute Gasteiger partial charge is 0.269 e. The summed E-state index contributed by atoms with van der Waals surface area (Å²) >= 11 is 0. The normalized spacial score (nSPS) is 13.8. The summed E-state index contributed by atoms with van der Waals surface area (Å²) in [7, 11) is 0. The predicted octanol–water partition coefficient (Wildman–Crippen LogP) is 1.37. The summed E-state index contributed by atoms with van der Waals surface area (Å²) in [6, 6.07) is 3.58. The quantitative estimate of drug-likeness (QED) is 0.712. The molecule has 0 aliphatic heterocycles. The molecule has 0 aliphatic carbocycles. The molecule has 0 saturated heterocycles. The van der Waals surface area contributed by atoms with E-state index in [0.717, 1.165) is 12.1 Å². The molecule has 0 radical (unpaired) electrons. The number of nitrogens with zero attached hydrogens (tertiary/aromatic N) is 1. The van der Waals surface area contributed by atoms with Crippen molar-refractivity contribution < 1.29 is 4.79 Å². The highest BCUT2D eigenvalue weighted by Crippen LogP contribution is 2.17. The lowest BCUT2D eigenvalue weighted by Crippen LogP contribution is -2.41. The van der Waals surface area contributed by atoms with Crippen LogP contribution in [-0.2, 0) is 0 Å². The van der Waals surface area contributed by atoms with E-state index >= 15 is 0 Å². The van der Waals surface area contributed by atoms with Crippen molar-refractivity contribution in [3.05, 3.63) is 24.0 Å². The third kappa shape index (κ3) is 3.70. The number of rotatable bonds is 6. The van der Waals surface area contributed by atoms with Crippen molar-refractivity contribution in [3.8, 4) is 0 Å². The van der Waals surface area contributed by atoms with Gasteiger partial charge in [0.2, 0.25) is 0 Å². The van der Waals surface area contributed by atoms with Crippen LogP contribution in [0.5, 0.6) is 0 Å². The Labute approximate surface area is 108 Å². The van der Waals surface area contributed by atoms with Crippen LogP contribution in [-0.4, -0.2) is 29.5 Å². The molecule has 0 spiro atoms. The van der Waals surface area contributed by atoms with E-state index in [9.17, 15) is 4.79 Å². The van der Waals surface area contributed by atoms with E-state index in [2.05, 4.69) is 29.5 Å². The second kappa shape index (κ2) is 6.35. The van der Waals surface area contributed by atoms with Crippen molar-refractivity contribution in [2.45, 2.75) is 32.7 Å². The van der Waals surface area contributed by atoms with Crippen LogP contribution in [0.3, 0.4) is 0 Å². The first-order valence-electron chi connectivity index (χ1n) is 6.27. The van der Waals surface area contributed by atoms with Gasteiger partial charge in [0.1, 0.15) is 5.69 Å². The molecule has 1 rings (SSSR count). The topological polar surface area (TPSA) is 80.0 Å². The Hall–Kier alpha value is -1.62. The molecule has 0 bridgehead atoms. The number of nitrogens with two attached hydrogens (primary N) is 1. The number of carbonyl (C=O) groups excluding carboxylic acids is 1. The van der Waals surface area contributed by atoms with Crippen molar-refractivity contribution in [2.75, 3.05) is 18.4 Å². The molecule has 0 saturated carbocycles. The maximum absolute atomic E-state index is 11.7. The largest absolute Gasteiger partial charge is 0.379 e. The van der Waals surface area contributed by atoms with Crippen LogP contribution in [0.1, 0.15) is 37.7 Å². The van der Waals surface area contributed by atoms with E-state index in [1.165, 1.54) is 0 Å². The summed E-state index contributed by atoms with van der Waals surface area (Å²) < 4.78 is 0. The second-order valence-electron chi connectivity index (χ2n) is 4.53. The van der Waals surface area contributed by atoms with Crippen LogP contribution in [0.25, 0.3) is 0 Å². The van der Waals surface area contributed by atoms with Gasteiger partial charge in [-0.2, -0.15) is 0 Å². The lowest BCUT2D eigenvalue weighted by Gasteiger charge is -2.29. The Morgan fingerprint density at radius 1 is 1.50 bits per heavy atom. The molecule has 1 aromatic heterocycles. The van der Waals surface area contributed by atoms with Crippen molar-refractivity contribution in [1.29, 1.82) is 0 Å². The average molecular weight is 250 g/mol. The maximum atomic E-state index is 11.7. The molecule has 4 N–H and O–H groups in total. The highest BCUT2D eigenvalue weighted by Gasteiger charge is 2.19. The van der Waals surface area contributed by atoms with Crippen molar-refractivity contribution >= 4 is 11.6 Å². The second-order valence-corrected chi connectivity index (χ2v) is 4.53. The van der Waals surface area contributed by atoms with Gasteiger partial charge in [-0.1, -0.05) is 6.92 Å². The van der Waals surface area contributed by atoms with Crippen LogP contribution in [0.4, 0.5) is 5.69 Å². The fourth-order valence-electron chi connectivity index (χ4n) is 1.52.